The molecule has 2 aromatic carbocycles. The van der Waals surface area contributed by atoms with Gasteiger partial charge in [-0.05, 0) is 50.2 Å². The molecule has 0 unspecified atom stereocenters. The van der Waals surface area contributed by atoms with Gasteiger partial charge in [0.1, 0.15) is 11.4 Å². The van der Waals surface area contributed by atoms with Crippen LogP contribution >= 0.6 is 0 Å². The Balaban J connectivity index is 2.26. The third-order valence-electron chi connectivity index (χ3n) is 4.17. The molecule has 0 spiro atoms. The lowest BCUT2D eigenvalue weighted by Gasteiger charge is -2.21. The highest BCUT2D eigenvalue weighted by Gasteiger charge is 2.23. The first kappa shape index (κ1) is 21.3. The number of nitrogens with zero attached hydrogens (tertiary/aromatic N) is 2. The van der Waals surface area contributed by atoms with E-state index < -0.39 is 20.9 Å². The Bertz CT molecular complexity index is 987. The maximum absolute atomic E-state index is 12.5. The van der Waals surface area contributed by atoms with E-state index in [-0.39, 0.29) is 33.6 Å². The van der Waals surface area contributed by atoms with Crippen molar-refractivity contribution in [2.75, 3.05) is 19.5 Å². The molecule has 0 aliphatic rings. The predicted octanol–water partition coefficient (Wildman–Crippen LogP) is 2.88. The molecule has 0 bridgehead atoms. The van der Waals surface area contributed by atoms with E-state index in [1.165, 1.54) is 60.9 Å². The van der Waals surface area contributed by atoms with E-state index in [0.717, 1.165) is 0 Å². The van der Waals surface area contributed by atoms with Gasteiger partial charge < -0.3 is 10.1 Å². The molecule has 2 aromatic rings. The van der Waals surface area contributed by atoms with Crippen LogP contribution in [0.25, 0.3) is 0 Å². The smallest absolute Gasteiger partial charge is 0.296 e. The van der Waals surface area contributed by atoms with E-state index in [4.69, 9.17) is 4.74 Å². The summed E-state index contributed by atoms with van der Waals surface area (Å²) in [4.78, 5) is 23.1. The number of nitro benzene ring substituents is 1. The predicted molar refractivity (Wildman–Crippen MR) is 104 cm³/mol. The van der Waals surface area contributed by atoms with E-state index in [0.29, 0.717) is 0 Å². The highest BCUT2D eigenvalue weighted by Crippen LogP contribution is 2.29. The zero-order valence-electron chi connectivity index (χ0n) is 15.9. The van der Waals surface area contributed by atoms with E-state index in [1.54, 1.807) is 13.8 Å². The number of nitrogens with one attached hydrogen (secondary N) is 1. The lowest BCUT2D eigenvalue weighted by molar-refractivity contribution is -0.384. The van der Waals surface area contributed by atoms with Crippen molar-refractivity contribution in [2.45, 2.75) is 24.8 Å². The van der Waals surface area contributed by atoms with Crippen molar-refractivity contribution in [3.05, 3.63) is 58.1 Å². The van der Waals surface area contributed by atoms with Crippen LogP contribution in [-0.2, 0) is 10.0 Å². The van der Waals surface area contributed by atoms with Crippen LogP contribution in [0, 0.1) is 10.1 Å². The molecule has 9 nitrogen and oxygen atoms in total. The van der Waals surface area contributed by atoms with E-state index in [9.17, 15) is 23.3 Å². The second-order valence-corrected chi connectivity index (χ2v) is 8.23. The van der Waals surface area contributed by atoms with Gasteiger partial charge in [0.2, 0.25) is 10.0 Å². The zero-order valence-corrected chi connectivity index (χ0v) is 16.7. The van der Waals surface area contributed by atoms with Crippen LogP contribution in [-0.4, -0.2) is 43.8 Å². The second-order valence-electron chi connectivity index (χ2n) is 6.23. The van der Waals surface area contributed by atoms with Gasteiger partial charge in [-0.3, -0.25) is 14.9 Å². The Morgan fingerprint density at radius 1 is 1.18 bits per heavy atom. The van der Waals surface area contributed by atoms with E-state index >= 15 is 0 Å². The molecule has 0 aromatic heterocycles. The van der Waals surface area contributed by atoms with Crippen molar-refractivity contribution < 1.29 is 22.9 Å². The molecule has 1 N–H and O–H groups in total. The van der Waals surface area contributed by atoms with Crippen molar-refractivity contribution in [1.82, 2.24) is 4.31 Å². The minimum absolute atomic E-state index is 0.00652. The Morgan fingerprint density at radius 2 is 1.79 bits per heavy atom. The highest BCUT2D eigenvalue weighted by molar-refractivity contribution is 7.89. The number of nitro groups is 1. The van der Waals surface area contributed by atoms with Crippen LogP contribution in [0.2, 0.25) is 0 Å². The fourth-order valence-electron chi connectivity index (χ4n) is 2.31. The van der Waals surface area contributed by atoms with Crippen molar-refractivity contribution in [2.24, 2.45) is 0 Å². The number of carbonyl (C=O) groups excluding carboxylic acids is 1. The van der Waals surface area contributed by atoms with Crippen LogP contribution in [0.4, 0.5) is 11.4 Å². The summed E-state index contributed by atoms with van der Waals surface area (Å²) in [5, 5.41) is 13.7. The Morgan fingerprint density at radius 3 is 2.29 bits per heavy atom. The molecule has 1 amide bonds. The molecule has 150 valence electrons. The summed E-state index contributed by atoms with van der Waals surface area (Å²) < 4.78 is 31.1. The molecule has 28 heavy (non-hydrogen) atoms. The number of carbonyl (C=O) groups is 1. The summed E-state index contributed by atoms with van der Waals surface area (Å²) in [5.74, 6) is -0.317. The van der Waals surface area contributed by atoms with Gasteiger partial charge in [0.15, 0.2) is 0 Å². The minimum Gasteiger partial charge on any atom is -0.496 e. The van der Waals surface area contributed by atoms with Gasteiger partial charge in [0.05, 0.1) is 23.0 Å². The third-order valence-corrected chi connectivity index (χ3v) is 6.22. The van der Waals surface area contributed by atoms with Crippen LogP contribution in [0.15, 0.2) is 47.4 Å². The summed E-state index contributed by atoms with van der Waals surface area (Å²) in [6.45, 7) is 3.50. The SMILES string of the molecule is COc1ccc(NC(=O)c2ccc(S(=O)(=O)N(C)C(C)C)cc2)c([N+](=O)[O-])c1. The van der Waals surface area contributed by atoms with E-state index in [2.05, 4.69) is 5.32 Å². The number of methoxy groups -OCH3 is 1. The van der Waals surface area contributed by atoms with Crippen LogP contribution in [0.3, 0.4) is 0 Å². The van der Waals surface area contributed by atoms with Crippen molar-refractivity contribution in [1.29, 1.82) is 0 Å². The molecule has 0 radical (unpaired) electrons. The van der Waals surface area contributed by atoms with Gasteiger partial charge in [-0.25, -0.2) is 8.42 Å². The molecule has 0 saturated heterocycles. The molecular weight excluding hydrogens is 386 g/mol. The first-order chi connectivity index (χ1) is 13.1. The molecule has 0 aliphatic carbocycles. The van der Waals surface area contributed by atoms with Gasteiger partial charge in [-0.2, -0.15) is 4.31 Å². The number of anilines is 1. The quantitative estimate of drug-likeness (QED) is 0.557. The average Bonchev–Trinajstić information content (AvgIpc) is 2.67. The first-order valence-electron chi connectivity index (χ1n) is 8.29. The summed E-state index contributed by atoms with van der Waals surface area (Å²) in [6, 6.07) is 9.19. The largest absolute Gasteiger partial charge is 0.496 e. The lowest BCUT2D eigenvalue weighted by atomic mass is 10.2. The zero-order chi connectivity index (χ0) is 21.1. The van der Waals surface area contributed by atoms with Gasteiger partial charge >= 0.3 is 0 Å². The van der Waals surface area contributed by atoms with Gasteiger partial charge in [-0.1, -0.05) is 0 Å². The number of hydrogen-bond acceptors (Lipinski definition) is 6. The maximum Gasteiger partial charge on any atom is 0.296 e. The highest BCUT2D eigenvalue weighted by atomic mass is 32.2. The van der Waals surface area contributed by atoms with Crippen LogP contribution in [0.5, 0.6) is 5.75 Å². The second kappa shape index (κ2) is 8.36. The number of sulfonamides is 1. The molecule has 0 fully saturated rings. The molecule has 2 rings (SSSR count). The summed E-state index contributed by atoms with van der Waals surface area (Å²) in [7, 11) is -0.813. The molecule has 0 saturated carbocycles. The summed E-state index contributed by atoms with van der Waals surface area (Å²) in [5.41, 5.74) is -0.145. The number of amides is 1. The molecule has 10 heteroatoms. The van der Waals surface area contributed by atoms with Crippen LogP contribution < -0.4 is 10.1 Å². The number of hydrogen-bond donors (Lipinski definition) is 1. The van der Waals surface area contributed by atoms with Gasteiger partial charge in [-0.15, -0.1) is 0 Å². The molecule has 0 heterocycles. The van der Waals surface area contributed by atoms with Crippen molar-refractivity contribution in [3.8, 4) is 5.75 Å². The average molecular weight is 407 g/mol. The topological polar surface area (TPSA) is 119 Å². The fraction of sp³-hybridized carbons (Fsp3) is 0.278. The number of ether oxygens (including phenoxy) is 1. The Labute approximate surface area is 163 Å². The standard InChI is InChI=1S/C18H21N3O6S/c1-12(2)20(3)28(25,26)15-8-5-13(6-9-15)18(22)19-16-10-7-14(27-4)11-17(16)21(23)24/h5-12H,1-4H3,(H,19,22). The minimum atomic E-state index is -3.67. The number of benzene rings is 2. The lowest BCUT2D eigenvalue weighted by Crippen LogP contribution is -2.33. The van der Waals surface area contributed by atoms with Crippen molar-refractivity contribution >= 4 is 27.3 Å². The fourth-order valence-corrected chi connectivity index (χ4v) is 3.68. The van der Waals surface area contributed by atoms with E-state index in [1.807, 2.05) is 0 Å². The monoisotopic (exact) mass is 407 g/mol. The molecule has 0 aliphatic heterocycles. The van der Waals surface area contributed by atoms with Crippen molar-refractivity contribution in [3.63, 3.8) is 0 Å². The third kappa shape index (κ3) is 4.46. The Hall–Kier alpha value is -2.98. The van der Waals surface area contributed by atoms with Crippen LogP contribution in [0.1, 0.15) is 24.2 Å². The summed E-state index contributed by atoms with van der Waals surface area (Å²) in [6.07, 6.45) is 0. The molecule has 0 atom stereocenters. The number of rotatable bonds is 7. The van der Waals surface area contributed by atoms with Gasteiger partial charge in [0.25, 0.3) is 11.6 Å². The van der Waals surface area contributed by atoms with Gasteiger partial charge in [0, 0.05) is 18.7 Å². The summed E-state index contributed by atoms with van der Waals surface area (Å²) >= 11 is 0. The Kier molecular flexibility index (Phi) is 6.37. The normalized spacial score (nSPS) is 11.5. The maximum atomic E-state index is 12.5. The first-order valence-corrected chi connectivity index (χ1v) is 9.73. The molecular formula is C18H21N3O6S.